The van der Waals surface area contributed by atoms with Gasteiger partial charge in [-0.15, -0.1) is 0 Å². The summed E-state index contributed by atoms with van der Waals surface area (Å²) in [7, 11) is 1.97. The van der Waals surface area contributed by atoms with E-state index < -0.39 is 0 Å². The van der Waals surface area contributed by atoms with Crippen LogP contribution in [-0.4, -0.2) is 25.7 Å². The number of amides is 1. The molecular formula is C16H21N5O. The summed E-state index contributed by atoms with van der Waals surface area (Å²) in [6.07, 6.45) is 9.56. The topological polar surface area (TPSA) is 75.6 Å². The van der Waals surface area contributed by atoms with Crippen LogP contribution in [-0.2, 0) is 11.8 Å². The Morgan fingerprint density at radius 1 is 1.41 bits per heavy atom. The summed E-state index contributed by atoms with van der Waals surface area (Å²) in [6, 6.07) is 2.00. The lowest BCUT2D eigenvalue weighted by atomic mass is 10.0. The Morgan fingerprint density at radius 3 is 2.95 bits per heavy atom. The zero-order valence-corrected chi connectivity index (χ0v) is 12.7. The highest BCUT2D eigenvalue weighted by atomic mass is 16.2. The predicted molar refractivity (Wildman–Crippen MR) is 82.5 cm³/mol. The van der Waals surface area contributed by atoms with Gasteiger partial charge in [0.1, 0.15) is 0 Å². The van der Waals surface area contributed by atoms with Gasteiger partial charge in [-0.1, -0.05) is 12.8 Å². The Hall–Kier alpha value is -2.11. The monoisotopic (exact) mass is 299 g/mol. The second-order valence-corrected chi connectivity index (χ2v) is 6.56. The Kier molecular flexibility index (Phi) is 3.24. The zero-order valence-electron chi connectivity index (χ0n) is 12.7. The van der Waals surface area contributed by atoms with Gasteiger partial charge in [-0.25, -0.2) is 4.98 Å². The molecule has 2 aromatic heterocycles. The van der Waals surface area contributed by atoms with Crippen molar-refractivity contribution in [2.45, 2.75) is 43.9 Å². The van der Waals surface area contributed by atoms with Gasteiger partial charge in [-0.3, -0.25) is 9.89 Å². The maximum atomic E-state index is 12.3. The minimum atomic E-state index is 0.0435. The number of aromatic amines is 1. The molecule has 0 radical (unpaired) electrons. The van der Waals surface area contributed by atoms with Crippen LogP contribution in [0.1, 0.15) is 55.3 Å². The normalized spacial score (nSPS) is 24.6. The summed E-state index contributed by atoms with van der Waals surface area (Å²) in [5.41, 5.74) is 2.29. The van der Waals surface area contributed by atoms with Gasteiger partial charge in [0.05, 0.1) is 6.33 Å². The second kappa shape index (κ2) is 5.26. The number of H-pyrrole nitrogens is 1. The SMILES string of the molecule is Cn1cncc1[C@@H]1C[C@H]1C(=O)Nc1cc(C2CCCC2)[nH]n1. The number of aromatic nitrogens is 4. The minimum Gasteiger partial charge on any atom is -0.337 e. The summed E-state index contributed by atoms with van der Waals surface area (Å²) >= 11 is 0. The molecule has 4 rings (SSSR count). The third-order valence-electron chi connectivity index (χ3n) is 5.00. The van der Waals surface area contributed by atoms with Crippen LogP contribution >= 0.6 is 0 Å². The quantitative estimate of drug-likeness (QED) is 0.911. The average molecular weight is 299 g/mol. The van der Waals surface area contributed by atoms with Crippen molar-refractivity contribution < 1.29 is 4.79 Å². The Labute approximate surface area is 129 Å². The van der Waals surface area contributed by atoms with Crippen LogP contribution in [0.4, 0.5) is 5.82 Å². The van der Waals surface area contributed by atoms with Gasteiger partial charge < -0.3 is 9.88 Å². The molecule has 0 spiro atoms. The molecule has 2 heterocycles. The van der Waals surface area contributed by atoms with Crippen LogP contribution in [0, 0.1) is 5.92 Å². The molecule has 1 amide bonds. The molecule has 2 N–H and O–H groups in total. The van der Waals surface area contributed by atoms with E-state index in [-0.39, 0.29) is 11.8 Å². The number of nitrogens with zero attached hydrogens (tertiary/aromatic N) is 3. The van der Waals surface area contributed by atoms with Crippen molar-refractivity contribution in [3.05, 3.63) is 30.0 Å². The molecule has 6 nitrogen and oxygen atoms in total. The predicted octanol–water partition coefficient (Wildman–Crippen LogP) is 2.54. The zero-order chi connectivity index (χ0) is 15.1. The van der Waals surface area contributed by atoms with Crippen LogP contribution in [0.25, 0.3) is 0 Å². The number of aryl methyl sites for hydroxylation is 1. The van der Waals surface area contributed by atoms with Crippen LogP contribution in [0.5, 0.6) is 0 Å². The molecule has 2 saturated carbocycles. The van der Waals surface area contributed by atoms with Crippen molar-refractivity contribution in [3.8, 4) is 0 Å². The van der Waals surface area contributed by atoms with E-state index >= 15 is 0 Å². The van der Waals surface area contributed by atoms with Gasteiger partial charge in [-0.2, -0.15) is 5.10 Å². The molecule has 6 heteroatoms. The molecule has 0 unspecified atom stereocenters. The third-order valence-corrected chi connectivity index (χ3v) is 5.00. The first-order valence-electron chi connectivity index (χ1n) is 8.05. The van der Waals surface area contributed by atoms with Crippen molar-refractivity contribution in [3.63, 3.8) is 0 Å². The van der Waals surface area contributed by atoms with E-state index in [9.17, 15) is 4.79 Å². The van der Waals surface area contributed by atoms with E-state index in [2.05, 4.69) is 20.5 Å². The summed E-state index contributed by atoms with van der Waals surface area (Å²) in [6.45, 7) is 0. The van der Waals surface area contributed by atoms with E-state index in [4.69, 9.17) is 0 Å². The lowest BCUT2D eigenvalue weighted by molar-refractivity contribution is -0.117. The molecule has 2 fully saturated rings. The van der Waals surface area contributed by atoms with Crippen LogP contribution in [0.2, 0.25) is 0 Å². The first kappa shape index (κ1) is 13.5. The first-order valence-corrected chi connectivity index (χ1v) is 8.05. The summed E-state index contributed by atoms with van der Waals surface area (Å²) < 4.78 is 1.99. The molecule has 0 bridgehead atoms. The third kappa shape index (κ3) is 2.42. The number of hydrogen-bond donors (Lipinski definition) is 2. The fourth-order valence-corrected chi connectivity index (χ4v) is 3.60. The van der Waals surface area contributed by atoms with Gasteiger partial charge in [0.25, 0.3) is 0 Å². The minimum absolute atomic E-state index is 0.0435. The van der Waals surface area contributed by atoms with Gasteiger partial charge >= 0.3 is 0 Å². The smallest absolute Gasteiger partial charge is 0.229 e. The highest BCUT2D eigenvalue weighted by Gasteiger charge is 2.45. The number of nitrogens with one attached hydrogen (secondary N) is 2. The van der Waals surface area contributed by atoms with Crippen molar-refractivity contribution >= 4 is 11.7 Å². The van der Waals surface area contributed by atoms with Gasteiger partial charge in [0.15, 0.2) is 5.82 Å². The highest BCUT2D eigenvalue weighted by molar-refractivity contribution is 5.94. The molecule has 0 aliphatic heterocycles. The molecule has 2 atom stereocenters. The molecule has 2 aliphatic rings. The second-order valence-electron chi connectivity index (χ2n) is 6.56. The number of carbonyl (C=O) groups is 1. The Morgan fingerprint density at radius 2 is 2.23 bits per heavy atom. The average Bonchev–Trinajstić information content (AvgIpc) is 2.94. The molecule has 116 valence electrons. The summed E-state index contributed by atoms with van der Waals surface area (Å²) in [4.78, 5) is 16.4. The molecular weight excluding hydrogens is 278 g/mol. The van der Waals surface area contributed by atoms with Crippen molar-refractivity contribution in [2.75, 3.05) is 5.32 Å². The van der Waals surface area contributed by atoms with E-state index in [1.807, 2.05) is 23.9 Å². The van der Waals surface area contributed by atoms with E-state index in [1.165, 1.54) is 25.7 Å². The molecule has 0 aromatic carbocycles. The maximum Gasteiger partial charge on any atom is 0.229 e. The number of rotatable bonds is 4. The highest BCUT2D eigenvalue weighted by Crippen LogP contribution is 2.47. The van der Waals surface area contributed by atoms with E-state index in [0.29, 0.717) is 17.7 Å². The van der Waals surface area contributed by atoms with E-state index in [1.54, 1.807) is 6.33 Å². The Bertz CT molecular complexity index is 682. The van der Waals surface area contributed by atoms with Gasteiger partial charge in [0, 0.05) is 48.5 Å². The first-order chi connectivity index (χ1) is 10.7. The van der Waals surface area contributed by atoms with Crippen molar-refractivity contribution in [1.29, 1.82) is 0 Å². The lowest BCUT2D eigenvalue weighted by Gasteiger charge is -2.04. The van der Waals surface area contributed by atoms with Crippen LogP contribution in [0.15, 0.2) is 18.6 Å². The fraction of sp³-hybridized carbons (Fsp3) is 0.562. The molecule has 2 aromatic rings. The van der Waals surface area contributed by atoms with E-state index in [0.717, 1.165) is 17.8 Å². The molecule has 0 saturated heterocycles. The van der Waals surface area contributed by atoms with Crippen LogP contribution in [0.3, 0.4) is 0 Å². The lowest BCUT2D eigenvalue weighted by Crippen LogP contribution is -2.15. The van der Waals surface area contributed by atoms with Gasteiger partial charge in [-0.05, 0) is 19.3 Å². The largest absolute Gasteiger partial charge is 0.337 e. The fourth-order valence-electron chi connectivity index (χ4n) is 3.60. The standard InChI is InChI=1S/C16H21N5O/c1-21-9-17-8-14(21)11-6-12(11)16(22)18-15-7-13(19-20-15)10-4-2-3-5-10/h7-12H,2-6H2,1H3,(H2,18,19,20,22)/t11-,12-/m1/s1. The summed E-state index contributed by atoms with van der Waals surface area (Å²) in [5.74, 6) is 1.64. The van der Waals surface area contributed by atoms with Crippen molar-refractivity contribution in [2.24, 2.45) is 13.0 Å². The number of imidazole rings is 1. The van der Waals surface area contributed by atoms with Gasteiger partial charge in [0.2, 0.25) is 5.91 Å². The van der Waals surface area contributed by atoms with Crippen molar-refractivity contribution in [1.82, 2.24) is 19.7 Å². The van der Waals surface area contributed by atoms with Crippen LogP contribution < -0.4 is 5.32 Å². The number of carbonyl (C=O) groups excluding carboxylic acids is 1. The Balaban J connectivity index is 1.38. The molecule has 2 aliphatic carbocycles. The maximum absolute atomic E-state index is 12.3. The number of hydrogen-bond acceptors (Lipinski definition) is 3. The summed E-state index contributed by atoms with van der Waals surface area (Å²) in [5, 5.41) is 10.3. The molecule has 22 heavy (non-hydrogen) atoms. The number of anilines is 1.